The summed E-state index contributed by atoms with van der Waals surface area (Å²) in [6, 6.07) is 11.1. The highest BCUT2D eigenvalue weighted by molar-refractivity contribution is 7.22. The number of halogens is 1. The van der Waals surface area contributed by atoms with E-state index in [2.05, 4.69) is 4.90 Å². The molecule has 3 aromatic rings. The molecule has 1 aromatic heterocycles. The van der Waals surface area contributed by atoms with Crippen molar-refractivity contribution in [2.24, 2.45) is 0 Å². The molecule has 0 radical (unpaired) electrons. The molecule has 0 N–H and O–H groups in total. The Morgan fingerprint density at radius 1 is 1.06 bits per heavy atom. The molecule has 0 aliphatic rings. The third-order valence-corrected chi connectivity index (χ3v) is 6.05. The molecule has 0 bridgehead atoms. The summed E-state index contributed by atoms with van der Waals surface area (Å²) in [5, 5.41) is 0.653. The van der Waals surface area contributed by atoms with Crippen LogP contribution >= 0.6 is 23.7 Å². The molecular weight excluding hydrogens is 450 g/mol. The number of carbonyl (C=O) groups is 1. The fourth-order valence-electron chi connectivity index (χ4n) is 3.16. The molecule has 1 heterocycles. The van der Waals surface area contributed by atoms with Gasteiger partial charge in [0.25, 0.3) is 5.91 Å². The van der Waals surface area contributed by atoms with Gasteiger partial charge in [0.15, 0.2) is 11.7 Å². The third kappa shape index (κ3) is 6.25. The number of amides is 1. The zero-order chi connectivity index (χ0) is 22.4. The molecule has 174 valence electrons. The van der Waals surface area contributed by atoms with E-state index in [4.69, 9.17) is 19.2 Å². The number of fused-ring (bicyclic) bond motifs is 1. The van der Waals surface area contributed by atoms with Gasteiger partial charge in [0.1, 0.15) is 22.8 Å². The van der Waals surface area contributed by atoms with Gasteiger partial charge >= 0.3 is 0 Å². The highest BCUT2D eigenvalue weighted by Gasteiger charge is 2.22. The van der Waals surface area contributed by atoms with E-state index < -0.39 is 0 Å². The Hall–Kier alpha value is -2.55. The summed E-state index contributed by atoms with van der Waals surface area (Å²) >= 11 is 1.50. The first-order chi connectivity index (χ1) is 14.9. The lowest BCUT2D eigenvalue weighted by Gasteiger charge is -2.21. The minimum atomic E-state index is -0.141. The van der Waals surface area contributed by atoms with Crippen molar-refractivity contribution in [3.8, 4) is 17.2 Å². The van der Waals surface area contributed by atoms with Crippen LogP contribution in [-0.4, -0.2) is 63.8 Å². The van der Waals surface area contributed by atoms with Crippen LogP contribution in [0.25, 0.3) is 10.2 Å². The summed E-state index contributed by atoms with van der Waals surface area (Å²) in [4.78, 5) is 21.7. The average molecular weight is 480 g/mol. The van der Waals surface area contributed by atoms with Crippen molar-refractivity contribution < 1.29 is 19.0 Å². The van der Waals surface area contributed by atoms with Gasteiger partial charge in [-0.25, -0.2) is 4.98 Å². The number of methoxy groups -OCH3 is 2. The molecule has 0 saturated heterocycles. The van der Waals surface area contributed by atoms with Crippen LogP contribution in [0.4, 0.5) is 5.13 Å². The zero-order valence-corrected chi connectivity index (χ0v) is 20.7. The van der Waals surface area contributed by atoms with Crippen LogP contribution in [0.5, 0.6) is 17.2 Å². The molecule has 0 unspecified atom stereocenters. The van der Waals surface area contributed by atoms with Crippen molar-refractivity contribution in [1.29, 1.82) is 0 Å². The molecule has 0 aliphatic heterocycles. The number of ether oxygens (including phenoxy) is 3. The number of anilines is 1. The lowest BCUT2D eigenvalue weighted by atomic mass is 10.2. The molecule has 1 amide bonds. The molecule has 0 spiro atoms. The number of nitrogens with zero attached hydrogens (tertiary/aromatic N) is 3. The highest BCUT2D eigenvalue weighted by Crippen LogP contribution is 2.36. The van der Waals surface area contributed by atoms with Gasteiger partial charge < -0.3 is 19.1 Å². The number of rotatable bonds is 10. The van der Waals surface area contributed by atoms with Crippen LogP contribution < -0.4 is 19.1 Å². The second-order valence-corrected chi connectivity index (χ2v) is 8.41. The smallest absolute Gasteiger partial charge is 0.266 e. The standard InChI is InChI=1S/C23H29N3O4S.ClH/c1-16-10-11-19(29-5)21-22(16)31-23(24-21)26(13-7-12-25(2)3)20(27)15-30-18-9-6-8-17(14-18)28-4;/h6,8-11,14H,7,12-13,15H2,1-5H3;1H. The van der Waals surface area contributed by atoms with Crippen LogP contribution in [0.15, 0.2) is 36.4 Å². The second kappa shape index (κ2) is 11.9. The molecule has 0 aliphatic carbocycles. The van der Waals surface area contributed by atoms with E-state index >= 15 is 0 Å². The number of aromatic nitrogens is 1. The van der Waals surface area contributed by atoms with E-state index in [1.807, 2.05) is 45.3 Å². The molecule has 2 aromatic carbocycles. The summed E-state index contributed by atoms with van der Waals surface area (Å²) in [6.07, 6.45) is 0.823. The van der Waals surface area contributed by atoms with Crippen LogP contribution in [0, 0.1) is 6.92 Å². The Kier molecular flexibility index (Phi) is 9.56. The van der Waals surface area contributed by atoms with Gasteiger partial charge in [-0.2, -0.15) is 0 Å². The molecule has 7 nitrogen and oxygen atoms in total. The maximum absolute atomic E-state index is 13.2. The number of aryl methyl sites for hydroxylation is 1. The fourth-order valence-corrected chi connectivity index (χ4v) is 4.26. The van der Waals surface area contributed by atoms with Gasteiger partial charge in [-0.1, -0.05) is 23.5 Å². The Labute approximate surface area is 199 Å². The number of hydrogen-bond acceptors (Lipinski definition) is 7. The molecule has 0 saturated carbocycles. The predicted octanol–water partition coefficient (Wildman–Crippen LogP) is 4.41. The second-order valence-electron chi connectivity index (χ2n) is 7.43. The Balaban J connectivity index is 0.00000363. The largest absolute Gasteiger partial charge is 0.497 e. The summed E-state index contributed by atoms with van der Waals surface area (Å²) in [7, 11) is 7.26. The first-order valence-electron chi connectivity index (χ1n) is 10.1. The first kappa shape index (κ1) is 25.7. The highest BCUT2D eigenvalue weighted by atomic mass is 35.5. The normalized spacial score (nSPS) is 10.7. The lowest BCUT2D eigenvalue weighted by Crippen LogP contribution is -2.36. The molecule has 0 fully saturated rings. The molecule has 0 atom stereocenters. The van der Waals surface area contributed by atoms with E-state index in [0.29, 0.717) is 28.9 Å². The maximum atomic E-state index is 13.2. The quantitative estimate of drug-likeness (QED) is 0.429. The van der Waals surface area contributed by atoms with Gasteiger partial charge in [0.05, 0.1) is 18.9 Å². The number of carbonyl (C=O) groups excluding carboxylic acids is 1. The fraction of sp³-hybridized carbons (Fsp3) is 0.391. The summed E-state index contributed by atoms with van der Waals surface area (Å²) in [6.45, 7) is 3.38. The van der Waals surface area contributed by atoms with Crippen molar-refractivity contribution >= 4 is 45.0 Å². The van der Waals surface area contributed by atoms with Crippen molar-refractivity contribution in [2.75, 3.05) is 52.9 Å². The van der Waals surface area contributed by atoms with Crippen molar-refractivity contribution in [3.05, 3.63) is 42.0 Å². The molecule has 32 heavy (non-hydrogen) atoms. The average Bonchev–Trinajstić information content (AvgIpc) is 3.21. The molecule has 9 heteroatoms. The first-order valence-corrected chi connectivity index (χ1v) is 10.9. The molecule has 3 rings (SSSR count). The van der Waals surface area contributed by atoms with Gasteiger partial charge in [0.2, 0.25) is 0 Å². The van der Waals surface area contributed by atoms with E-state index in [1.54, 1.807) is 31.3 Å². The predicted molar refractivity (Wildman–Crippen MR) is 132 cm³/mol. The zero-order valence-electron chi connectivity index (χ0n) is 19.1. The van der Waals surface area contributed by atoms with E-state index in [1.165, 1.54) is 11.3 Å². The summed E-state index contributed by atoms with van der Waals surface area (Å²) < 4.78 is 17.5. The van der Waals surface area contributed by atoms with E-state index in [-0.39, 0.29) is 24.9 Å². The van der Waals surface area contributed by atoms with Gasteiger partial charge in [-0.3, -0.25) is 9.69 Å². The Morgan fingerprint density at radius 3 is 2.50 bits per heavy atom. The number of hydrogen-bond donors (Lipinski definition) is 0. The Morgan fingerprint density at radius 2 is 1.81 bits per heavy atom. The van der Waals surface area contributed by atoms with Gasteiger partial charge in [0, 0.05) is 12.6 Å². The maximum Gasteiger partial charge on any atom is 0.266 e. The van der Waals surface area contributed by atoms with Gasteiger partial charge in [-0.05, 0) is 57.7 Å². The Bertz CT molecular complexity index is 1040. The van der Waals surface area contributed by atoms with Crippen molar-refractivity contribution in [1.82, 2.24) is 9.88 Å². The van der Waals surface area contributed by atoms with E-state index in [0.717, 1.165) is 28.7 Å². The molecular formula is C23H30ClN3O4S. The minimum Gasteiger partial charge on any atom is -0.497 e. The number of benzene rings is 2. The van der Waals surface area contributed by atoms with E-state index in [9.17, 15) is 4.79 Å². The van der Waals surface area contributed by atoms with Crippen LogP contribution in [0.2, 0.25) is 0 Å². The topological polar surface area (TPSA) is 64.1 Å². The third-order valence-electron chi connectivity index (χ3n) is 4.83. The van der Waals surface area contributed by atoms with Crippen molar-refractivity contribution in [2.45, 2.75) is 13.3 Å². The minimum absolute atomic E-state index is 0. The van der Waals surface area contributed by atoms with Crippen LogP contribution in [0.3, 0.4) is 0 Å². The lowest BCUT2D eigenvalue weighted by molar-refractivity contribution is -0.120. The number of thiazole rings is 1. The van der Waals surface area contributed by atoms with Crippen LogP contribution in [-0.2, 0) is 4.79 Å². The monoisotopic (exact) mass is 479 g/mol. The van der Waals surface area contributed by atoms with Gasteiger partial charge in [-0.15, -0.1) is 12.4 Å². The van der Waals surface area contributed by atoms with Crippen LogP contribution in [0.1, 0.15) is 12.0 Å². The van der Waals surface area contributed by atoms with Crippen molar-refractivity contribution in [3.63, 3.8) is 0 Å². The SMILES string of the molecule is COc1cccc(OCC(=O)N(CCCN(C)C)c2nc3c(OC)ccc(C)c3s2)c1.Cl. The summed E-state index contributed by atoms with van der Waals surface area (Å²) in [5.74, 6) is 1.83. The summed E-state index contributed by atoms with van der Waals surface area (Å²) in [5.41, 5.74) is 1.88.